The van der Waals surface area contributed by atoms with Gasteiger partial charge in [-0.15, -0.1) is 0 Å². The second-order valence-electron chi connectivity index (χ2n) is 13.1. The summed E-state index contributed by atoms with van der Waals surface area (Å²) in [5, 5.41) is 21.7. The fourth-order valence-electron chi connectivity index (χ4n) is 8.74. The minimum atomic E-state index is -0.499. The summed E-state index contributed by atoms with van der Waals surface area (Å²) in [5.41, 5.74) is 1.78. The van der Waals surface area contributed by atoms with Crippen LogP contribution in [0.25, 0.3) is 0 Å². The van der Waals surface area contributed by atoms with Crippen LogP contribution >= 0.6 is 0 Å². The van der Waals surface area contributed by atoms with Crippen LogP contribution in [0.15, 0.2) is 11.6 Å². The monoisotopic (exact) mass is 416 g/mol. The van der Waals surface area contributed by atoms with Crippen molar-refractivity contribution >= 4 is 0 Å². The van der Waals surface area contributed by atoms with Gasteiger partial charge in [-0.2, -0.15) is 0 Å². The lowest BCUT2D eigenvalue weighted by Crippen LogP contribution is -2.52. The summed E-state index contributed by atoms with van der Waals surface area (Å²) in [4.78, 5) is 0. The Balaban J connectivity index is 1.52. The Morgan fingerprint density at radius 2 is 1.70 bits per heavy atom. The predicted molar refractivity (Wildman–Crippen MR) is 125 cm³/mol. The highest BCUT2D eigenvalue weighted by molar-refractivity contribution is 5.26. The maximum absolute atomic E-state index is 11.0. The second-order valence-corrected chi connectivity index (χ2v) is 13.1. The average molecular weight is 417 g/mol. The number of allylic oxidation sites excluding steroid dienone is 1. The van der Waals surface area contributed by atoms with E-state index in [4.69, 9.17) is 0 Å². The smallest absolute Gasteiger partial charge is 0.0657 e. The molecule has 4 aliphatic carbocycles. The molecule has 0 aromatic rings. The van der Waals surface area contributed by atoms with Crippen molar-refractivity contribution < 1.29 is 10.2 Å². The van der Waals surface area contributed by atoms with Crippen LogP contribution in [0.5, 0.6) is 0 Å². The molecule has 0 bridgehead atoms. The maximum Gasteiger partial charge on any atom is 0.0657 e. The molecule has 172 valence electrons. The van der Waals surface area contributed by atoms with E-state index in [0.717, 1.165) is 49.9 Å². The van der Waals surface area contributed by atoms with Crippen LogP contribution in [0, 0.1) is 46.3 Å². The van der Waals surface area contributed by atoms with Gasteiger partial charge >= 0.3 is 0 Å². The molecule has 4 rings (SSSR count). The van der Waals surface area contributed by atoms with E-state index in [1.165, 1.54) is 32.1 Å². The predicted octanol–water partition coefficient (Wildman–Crippen LogP) is 6.75. The van der Waals surface area contributed by atoms with Gasteiger partial charge in [-0.1, -0.05) is 46.3 Å². The maximum atomic E-state index is 11.0. The number of aliphatic hydroxyl groups is 2. The standard InChI is InChI=1S/C28H48O2/c1-18(2)7-12-25(29)19(3)22-10-11-23-21-9-8-20-17-26(4,30)15-16-27(20,5)24(21)13-14-28(22,23)6/h8,18-19,21-25,29-30H,7,9-17H2,1-6H3/t19-,21-,22+,23-,24-,25+,26-,27-,28+/m0/s1. The van der Waals surface area contributed by atoms with Crippen LogP contribution in [0.3, 0.4) is 0 Å². The summed E-state index contributed by atoms with van der Waals surface area (Å²) in [6, 6.07) is 0. The lowest BCUT2D eigenvalue weighted by molar-refractivity contribution is -0.0780. The first kappa shape index (κ1) is 22.8. The van der Waals surface area contributed by atoms with Gasteiger partial charge in [0.15, 0.2) is 0 Å². The zero-order valence-corrected chi connectivity index (χ0v) is 20.6. The van der Waals surface area contributed by atoms with Crippen molar-refractivity contribution in [2.75, 3.05) is 0 Å². The van der Waals surface area contributed by atoms with Gasteiger partial charge in [0.1, 0.15) is 0 Å². The molecular weight excluding hydrogens is 368 g/mol. The summed E-state index contributed by atoms with van der Waals surface area (Å²) in [6.07, 6.45) is 14.1. The molecule has 0 amide bonds. The lowest BCUT2D eigenvalue weighted by Gasteiger charge is -2.59. The van der Waals surface area contributed by atoms with Crippen molar-refractivity contribution in [1.29, 1.82) is 0 Å². The normalized spacial score (nSPS) is 47.8. The topological polar surface area (TPSA) is 40.5 Å². The van der Waals surface area contributed by atoms with Crippen LogP contribution in [-0.4, -0.2) is 21.9 Å². The molecule has 3 saturated carbocycles. The number of hydrogen-bond donors (Lipinski definition) is 2. The van der Waals surface area contributed by atoms with E-state index >= 15 is 0 Å². The molecule has 0 unspecified atom stereocenters. The fraction of sp³-hybridized carbons (Fsp3) is 0.929. The SMILES string of the molecule is CC(C)CC[C@@H](O)[C@@H](C)[C@H]1CC[C@H]2[C@@H]3CC=C4C[C@@](C)(O)CC[C@]4(C)[C@H]3CC[C@]12C. The van der Waals surface area contributed by atoms with Gasteiger partial charge in [0, 0.05) is 0 Å². The molecule has 30 heavy (non-hydrogen) atoms. The molecule has 0 aliphatic heterocycles. The van der Waals surface area contributed by atoms with Gasteiger partial charge in [0.25, 0.3) is 0 Å². The molecule has 0 spiro atoms. The largest absolute Gasteiger partial charge is 0.393 e. The van der Waals surface area contributed by atoms with E-state index in [9.17, 15) is 10.2 Å². The molecule has 0 aromatic carbocycles. The van der Waals surface area contributed by atoms with E-state index in [0.29, 0.717) is 28.6 Å². The van der Waals surface area contributed by atoms with Crippen LogP contribution in [0.1, 0.15) is 106 Å². The van der Waals surface area contributed by atoms with Crippen LogP contribution in [0.2, 0.25) is 0 Å². The van der Waals surface area contributed by atoms with Crippen molar-refractivity contribution in [2.45, 2.75) is 117 Å². The van der Waals surface area contributed by atoms with Crippen LogP contribution < -0.4 is 0 Å². The number of aliphatic hydroxyl groups excluding tert-OH is 1. The average Bonchev–Trinajstić information content (AvgIpc) is 3.03. The van der Waals surface area contributed by atoms with Gasteiger partial charge in [-0.05, 0) is 117 Å². The molecule has 0 radical (unpaired) electrons. The van der Waals surface area contributed by atoms with Crippen molar-refractivity contribution in [2.24, 2.45) is 46.3 Å². The van der Waals surface area contributed by atoms with E-state index < -0.39 is 5.60 Å². The Kier molecular flexibility index (Phi) is 6.02. The zero-order valence-electron chi connectivity index (χ0n) is 20.6. The Morgan fingerprint density at radius 1 is 0.967 bits per heavy atom. The molecule has 9 atom stereocenters. The number of fused-ring (bicyclic) bond motifs is 5. The van der Waals surface area contributed by atoms with Gasteiger partial charge < -0.3 is 10.2 Å². The zero-order chi connectivity index (χ0) is 21.9. The quantitative estimate of drug-likeness (QED) is 0.487. The van der Waals surface area contributed by atoms with E-state index in [1.54, 1.807) is 5.57 Å². The first-order chi connectivity index (χ1) is 14.0. The highest BCUT2D eigenvalue weighted by atomic mass is 16.3. The van der Waals surface area contributed by atoms with E-state index in [-0.39, 0.29) is 6.10 Å². The molecule has 0 saturated heterocycles. The first-order valence-corrected chi connectivity index (χ1v) is 13.1. The fourth-order valence-corrected chi connectivity index (χ4v) is 8.74. The summed E-state index contributed by atoms with van der Waals surface area (Å²) in [5.74, 6) is 4.20. The molecule has 4 aliphatic rings. The highest BCUT2D eigenvalue weighted by Crippen LogP contribution is 2.67. The minimum absolute atomic E-state index is 0.137. The Hall–Kier alpha value is -0.340. The first-order valence-electron chi connectivity index (χ1n) is 13.1. The highest BCUT2D eigenvalue weighted by Gasteiger charge is 2.60. The van der Waals surface area contributed by atoms with Gasteiger partial charge in [0.2, 0.25) is 0 Å². The molecule has 2 N–H and O–H groups in total. The van der Waals surface area contributed by atoms with Gasteiger partial charge in [-0.3, -0.25) is 0 Å². The van der Waals surface area contributed by atoms with Crippen molar-refractivity contribution in [3.63, 3.8) is 0 Å². The Labute approximate surface area is 185 Å². The summed E-state index contributed by atoms with van der Waals surface area (Å²) in [7, 11) is 0. The van der Waals surface area contributed by atoms with Crippen molar-refractivity contribution in [1.82, 2.24) is 0 Å². The van der Waals surface area contributed by atoms with Crippen molar-refractivity contribution in [3.05, 3.63) is 11.6 Å². The van der Waals surface area contributed by atoms with Crippen molar-refractivity contribution in [3.8, 4) is 0 Å². The van der Waals surface area contributed by atoms with E-state index in [2.05, 4.69) is 40.7 Å². The number of rotatable bonds is 5. The van der Waals surface area contributed by atoms with E-state index in [1.807, 2.05) is 6.92 Å². The number of hydrogen-bond acceptors (Lipinski definition) is 2. The summed E-state index contributed by atoms with van der Waals surface area (Å²) in [6.45, 7) is 14.0. The lowest BCUT2D eigenvalue weighted by atomic mass is 9.46. The molecular formula is C28H48O2. The summed E-state index contributed by atoms with van der Waals surface area (Å²) < 4.78 is 0. The second kappa shape index (κ2) is 7.91. The van der Waals surface area contributed by atoms with Gasteiger partial charge in [-0.25, -0.2) is 0 Å². The minimum Gasteiger partial charge on any atom is -0.393 e. The molecule has 2 heteroatoms. The third kappa shape index (κ3) is 3.72. The Morgan fingerprint density at radius 3 is 2.40 bits per heavy atom. The van der Waals surface area contributed by atoms with Crippen LogP contribution in [0.4, 0.5) is 0 Å². The molecule has 2 nitrogen and oxygen atoms in total. The third-order valence-electron chi connectivity index (χ3n) is 10.7. The summed E-state index contributed by atoms with van der Waals surface area (Å²) >= 11 is 0. The molecule has 0 aromatic heterocycles. The molecule has 0 heterocycles. The third-order valence-corrected chi connectivity index (χ3v) is 10.7. The van der Waals surface area contributed by atoms with Crippen LogP contribution in [-0.2, 0) is 0 Å². The Bertz CT molecular complexity index is 664. The van der Waals surface area contributed by atoms with Gasteiger partial charge in [0.05, 0.1) is 11.7 Å². The molecule has 3 fully saturated rings.